The van der Waals surface area contributed by atoms with Gasteiger partial charge in [-0.2, -0.15) is 0 Å². The molecule has 0 aromatic rings. The van der Waals surface area contributed by atoms with Crippen molar-refractivity contribution in [3.63, 3.8) is 0 Å². The smallest absolute Gasteiger partial charge is 0.235 e. The second kappa shape index (κ2) is 5.06. The van der Waals surface area contributed by atoms with Crippen molar-refractivity contribution >= 4 is 9.04 Å². The maximum Gasteiger partial charge on any atom is 0.235 e. The molecule has 0 saturated carbocycles. The highest BCUT2D eigenvalue weighted by Crippen LogP contribution is 1.86. The molecule has 2 heteroatoms. The molecular formula is C6H13OSi. The van der Waals surface area contributed by atoms with E-state index in [9.17, 15) is 0 Å². The Bertz CT molecular complexity index is 63.5. The Kier molecular flexibility index (Phi) is 5.01. The average molecular weight is 129 g/mol. The Morgan fingerprint density at radius 2 is 2.38 bits per heavy atom. The molecule has 0 atom stereocenters. The second-order valence-corrected chi connectivity index (χ2v) is 3.58. The topological polar surface area (TPSA) is 9.23 Å². The quantitative estimate of drug-likeness (QED) is 0.526. The van der Waals surface area contributed by atoms with Crippen LogP contribution in [0.15, 0.2) is 12.3 Å². The predicted octanol–water partition coefficient (Wildman–Crippen LogP) is 1.76. The first-order valence-corrected chi connectivity index (χ1v) is 4.88. The zero-order chi connectivity index (χ0) is 6.41. The first-order valence-electron chi connectivity index (χ1n) is 2.90. The maximum atomic E-state index is 5.32. The Labute approximate surface area is 53.1 Å². The minimum atomic E-state index is -0.628. The summed E-state index contributed by atoms with van der Waals surface area (Å²) in [4.78, 5) is 0. The Balaban J connectivity index is 2.98. The predicted molar refractivity (Wildman–Crippen MR) is 38.1 cm³/mol. The lowest BCUT2D eigenvalue weighted by atomic mass is 10.5. The molecule has 0 aliphatic carbocycles. The molecule has 0 spiro atoms. The van der Waals surface area contributed by atoms with Crippen molar-refractivity contribution in [2.45, 2.75) is 19.9 Å². The van der Waals surface area contributed by atoms with Gasteiger partial charge in [-0.05, 0) is 13.0 Å². The third-order valence-electron chi connectivity index (χ3n) is 0.821. The van der Waals surface area contributed by atoms with E-state index < -0.39 is 9.04 Å². The summed E-state index contributed by atoms with van der Waals surface area (Å²) in [5, 5.41) is 0. The van der Waals surface area contributed by atoms with Gasteiger partial charge in [-0.3, -0.25) is 0 Å². The summed E-state index contributed by atoms with van der Waals surface area (Å²) in [5.74, 6) is 0. The van der Waals surface area contributed by atoms with Crippen LogP contribution in [0.4, 0.5) is 0 Å². The summed E-state index contributed by atoms with van der Waals surface area (Å²) in [5.41, 5.74) is 1.90. The van der Waals surface area contributed by atoms with E-state index in [4.69, 9.17) is 4.43 Å². The van der Waals surface area contributed by atoms with Gasteiger partial charge in [0.1, 0.15) is 0 Å². The van der Waals surface area contributed by atoms with Crippen LogP contribution in [0.1, 0.15) is 13.3 Å². The molecule has 1 radical (unpaired) electrons. The van der Waals surface area contributed by atoms with Crippen molar-refractivity contribution in [1.29, 1.82) is 0 Å². The van der Waals surface area contributed by atoms with Crippen molar-refractivity contribution in [3.05, 3.63) is 12.3 Å². The zero-order valence-corrected chi connectivity index (χ0v) is 6.61. The third-order valence-corrected chi connectivity index (χ3v) is 2.06. The molecule has 0 fully saturated rings. The molecule has 47 valence electrons. The fourth-order valence-corrected chi connectivity index (χ4v) is 0.966. The number of rotatable bonds is 4. The fraction of sp³-hybridized carbons (Fsp3) is 0.667. The van der Waals surface area contributed by atoms with Crippen LogP contribution in [0, 0.1) is 0 Å². The van der Waals surface area contributed by atoms with E-state index in [1.165, 1.54) is 0 Å². The zero-order valence-electron chi connectivity index (χ0n) is 5.61. The van der Waals surface area contributed by atoms with Gasteiger partial charge in [0.2, 0.25) is 9.04 Å². The SMILES string of the molecule is C=C[Si](C)OCCC. The normalized spacial score (nSPS) is 9.88. The summed E-state index contributed by atoms with van der Waals surface area (Å²) < 4.78 is 5.32. The lowest BCUT2D eigenvalue weighted by Gasteiger charge is -2.01. The van der Waals surface area contributed by atoms with Crippen LogP contribution < -0.4 is 0 Å². The van der Waals surface area contributed by atoms with Crippen LogP contribution in [0.25, 0.3) is 0 Å². The first kappa shape index (κ1) is 7.92. The van der Waals surface area contributed by atoms with E-state index in [-0.39, 0.29) is 0 Å². The van der Waals surface area contributed by atoms with Gasteiger partial charge in [0, 0.05) is 6.61 Å². The van der Waals surface area contributed by atoms with Gasteiger partial charge in [-0.25, -0.2) is 0 Å². The summed E-state index contributed by atoms with van der Waals surface area (Å²) in [6.07, 6.45) is 1.11. The van der Waals surface area contributed by atoms with Gasteiger partial charge in [0.25, 0.3) is 0 Å². The minimum Gasteiger partial charge on any atom is -0.413 e. The van der Waals surface area contributed by atoms with Crippen LogP contribution in [-0.4, -0.2) is 15.6 Å². The molecule has 0 aromatic carbocycles. The molecule has 0 N–H and O–H groups in total. The molecule has 0 saturated heterocycles. The Morgan fingerprint density at radius 1 is 1.75 bits per heavy atom. The van der Waals surface area contributed by atoms with Crippen LogP contribution in [0.2, 0.25) is 6.55 Å². The van der Waals surface area contributed by atoms with E-state index in [1.807, 2.05) is 5.70 Å². The Hall–Kier alpha value is -0.0831. The highest BCUT2D eigenvalue weighted by atomic mass is 28.3. The number of hydrogen-bond acceptors (Lipinski definition) is 1. The largest absolute Gasteiger partial charge is 0.413 e. The minimum absolute atomic E-state index is 0.628. The maximum absolute atomic E-state index is 5.32. The van der Waals surface area contributed by atoms with E-state index in [2.05, 4.69) is 20.0 Å². The van der Waals surface area contributed by atoms with Gasteiger partial charge < -0.3 is 4.43 Å². The van der Waals surface area contributed by atoms with E-state index in [1.54, 1.807) is 0 Å². The highest BCUT2D eigenvalue weighted by molar-refractivity contribution is 6.55. The monoisotopic (exact) mass is 129 g/mol. The lowest BCUT2D eigenvalue weighted by molar-refractivity contribution is 0.329. The van der Waals surface area contributed by atoms with Crippen LogP contribution >= 0.6 is 0 Å². The molecule has 0 rings (SSSR count). The molecule has 0 aromatic heterocycles. The molecule has 8 heavy (non-hydrogen) atoms. The molecule has 1 nitrogen and oxygen atoms in total. The summed E-state index contributed by atoms with van der Waals surface area (Å²) in [6.45, 7) is 8.72. The standard InChI is InChI=1S/C6H13OSi/c1-4-6-7-8(3)5-2/h5H,2,4,6H2,1,3H3. The van der Waals surface area contributed by atoms with E-state index in [0.717, 1.165) is 13.0 Å². The summed E-state index contributed by atoms with van der Waals surface area (Å²) in [6, 6.07) is 0. The third kappa shape index (κ3) is 4.09. The van der Waals surface area contributed by atoms with Gasteiger partial charge in [-0.15, -0.1) is 6.58 Å². The Morgan fingerprint density at radius 3 is 2.75 bits per heavy atom. The van der Waals surface area contributed by atoms with Crippen LogP contribution in [-0.2, 0) is 4.43 Å². The molecule has 0 amide bonds. The molecule has 0 heterocycles. The first-order chi connectivity index (χ1) is 3.81. The van der Waals surface area contributed by atoms with E-state index >= 15 is 0 Å². The van der Waals surface area contributed by atoms with Crippen molar-refractivity contribution in [1.82, 2.24) is 0 Å². The average Bonchev–Trinajstić information content (AvgIpc) is 1.83. The van der Waals surface area contributed by atoms with Gasteiger partial charge in [0.15, 0.2) is 0 Å². The molecule has 0 unspecified atom stereocenters. The van der Waals surface area contributed by atoms with Gasteiger partial charge in [-0.1, -0.05) is 12.6 Å². The number of hydrogen-bond donors (Lipinski definition) is 0. The van der Waals surface area contributed by atoms with Gasteiger partial charge in [0.05, 0.1) is 0 Å². The van der Waals surface area contributed by atoms with Crippen molar-refractivity contribution in [2.24, 2.45) is 0 Å². The van der Waals surface area contributed by atoms with Gasteiger partial charge >= 0.3 is 0 Å². The molecule has 0 bridgehead atoms. The fourth-order valence-electron chi connectivity index (χ4n) is 0.322. The van der Waals surface area contributed by atoms with Crippen molar-refractivity contribution in [3.8, 4) is 0 Å². The van der Waals surface area contributed by atoms with Crippen molar-refractivity contribution in [2.75, 3.05) is 6.61 Å². The lowest BCUT2D eigenvalue weighted by Crippen LogP contribution is -2.09. The molecule has 0 aliphatic rings. The van der Waals surface area contributed by atoms with Crippen LogP contribution in [0.5, 0.6) is 0 Å². The second-order valence-electron chi connectivity index (χ2n) is 1.66. The van der Waals surface area contributed by atoms with Crippen LogP contribution in [0.3, 0.4) is 0 Å². The molecule has 0 aliphatic heterocycles. The summed E-state index contributed by atoms with van der Waals surface area (Å²) >= 11 is 0. The summed E-state index contributed by atoms with van der Waals surface area (Å²) in [7, 11) is -0.628. The van der Waals surface area contributed by atoms with E-state index in [0.29, 0.717) is 0 Å². The molecular weight excluding hydrogens is 116 g/mol. The van der Waals surface area contributed by atoms with Crippen molar-refractivity contribution < 1.29 is 4.43 Å². The highest BCUT2D eigenvalue weighted by Gasteiger charge is 1.95.